The second kappa shape index (κ2) is 6.06. The zero-order chi connectivity index (χ0) is 14.7. The van der Waals surface area contributed by atoms with E-state index in [0.717, 1.165) is 22.2 Å². The molecule has 3 aromatic rings. The Hall–Kier alpha value is -2.20. The van der Waals surface area contributed by atoms with Gasteiger partial charge in [0.2, 0.25) is 0 Å². The third kappa shape index (κ3) is 3.28. The maximum absolute atomic E-state index is 4.62. The van der Waals surface area contributed by atoms with E-state index < -0.39 is 0 Å². The maximum Gasteiger partial charge on any atom is 0.188 e. The molecule has 0 atom stereocenters. The highest BCUT2D eigenvalue weighted by molar-refractivity contribution is 7.14. The molecule has 0 fully saturated rings. The molecule has 0 spiro atoms. The molecule has 4 heteroatoms. The van der Waals surface area contributed by atoms with Crippen LogP contribution in [-0.4, -0.2) is 9.97 Å². The Morgan fingerprint density at radius 3 is 2.52 bits per heavy atom. The number of pyridine rings is 1. The summed E-state index contributed by atoms with van der Waals surface area (Å²) in [4.78, 5) is 8.86. The number of benzene rings is 1. The van der Waals surface area contributed by atoms with Crippen LogP contribution in [0.3, 0.4) is 0 Å². The molecule has 3 nitrogen and oxygen atoms in total. The highest BCUT2D eigenvalue weighted by Gasteiger charge is 2.06. The summed E-state index contributed by atoms with van der Waals surface area (Å²) < 4.78 is 0. The lowest BCUT2D eigenvalue weighted by atomic mass is 10.0. The van der Waals surface area contributed by atoms with Gasteiger partial charge in [0.15, 0.2) is 5.13 Å². The molecule has 106 valence electrons. The van der Waals surface area contributed by atoms with Crippen LogP contribution in [0.2, 0.25) is 0 Å². The third-order valence-electron chi connectivity index (χ3n) is 3.28. The summed E-state index contributed by atoms with van der Waals surface area (Å²) in [6.45, 7) is 4.40. The smallest absolute Gasteiger partial charge is 0.188 e. The van der Waals surface area contributed by atoms with Gasteiger partial charge in [0.1, 0.15) is 5.82 Å². The Kier molecular flexibility index (Phi) is 3.97. The van der Waals surface area contributed by atoms with Crippen molar-refractivity contribution in [1.82, 2.24) is 9.97 Å². The Bertz CT molecular complexity index is 702. The van der Waals surface area contributed by atoms with E-state index >= 15 is 0 Å². The molecule has 0 amide bonds. The topological polar surface area (TPSA) is 37.8 Å². The Balaban J connectivity index is 1.78. The molecule has 2 aromatic heterocycles. The molecule has 3 rings (SSSR count). The van der Waals surface area contributed by atoms with Crippen molar-refractivity contribution in [1.29, 1.82) is 0 Å². The molecule has 0 saturated heterocycles. The van der Waals surface area contributed by atoms with Gasteiger partial charge in [-0.2, -0.15) is 0 Å². The average Bonchev–Trinajstić information content (AvgIpc) is 2.97. The largest absolute Gasteiger partial charge is 0.316 e. The van der Waals surface area contributed by atoms with Gasteiger partial charge in [-0.1, -0.05) is 44.2 Å². The first-order chi connectivity index (χ1) is 10.2. The van der Waals surface area contributed by atoms with Crippen LogP contribution < -0.4 is 5.32 Å². The number of rotatable bonds is 4. The quantitative estimate of drug-likeness (QED) is 0.730. The van der Waals surface area contributed by atoms with Crippen molar-refractivity contribution < 1.29 is 0 Å². The number of nitrogens with zero attached hydrogens (tertiary/aromatic N) is 2. The molecule has 21 heavy (non-hydrogen) atoms. The monoisotopic (exact) mass is 295 g/mol. The van der Waals surface area contributed by atoms with E-state index in [9.17, 15) is 0 Å². The number of nitrogens with one attached hydrogen (secondary N) is 1. The van der Waals surface area contributed by atoms with E-state index in [2.05, 4.69) is 58.8 Å². The summed E-state index contributed by atoms with van der Waals surface area (Å²) >= 11 is 1.59. The molecule has 0 saturated carbocycles. The molecule has 0 aliphatic carbocycles. The van der Waals surface area contributed by atoms with Crippen molar-refractivity contribution in [3.05, 3.63) is 59.6 Å². The highest BCUT2D eigenvalue weighted by atomic mass is 32.1. The molecular formula is C17H17N3S. The van der Waals surface area contributed by atoms with Crippen LogP contribution in [0.15, 0.2) is 54.0 Å². The summed E-state index contributed by atoms with van der Waals surface area (Å²) in [5, 5.41) is 6.14. The zero-order valence-corrected chi connectivity index (χ0v) is 12.9. The van der Waals surface area contributed by atoms with Gasteiger partial charge in [-0.3, -0.25) is 0 Å². The summed E-state index contributed by atoms with van der Waals surface area (Å²) in [6.07, 6.45) is 1.77. The minimum absolute atomic E-state index is 0.552. The summed E-state index contributed by atoms with van der Waals surface area (Å²) in [5.74, 6) is 1.37. The van der Waals surface area contributed by atoms with E-state index in [4.69, 9.17) is 0 Å². The van der Waals surface area contributed by atoms with Crippen LogP contribution in [0.4, 0.5) is 10.9 Å². The summed E-state index contributed by atoms with van der Waals surface area (Å²) in [7, 11) is 0. The summed E-state index contributed by atoms with van der Waals surface area (Å²) in [6, 6.07) is 14.4. The van der Waals surface area contributed by atoms with Gasteiger partial charge in [0.25, 0.3) is 0 Å². The minimum Gasteiger partial charge on any atom is -0.316 e. The molecular weight excluding hydrogens is 278 g/mol. The third-order valence-corrected chi connectivity index (χ3v) is 4.03. The molecule has 1 N–H and O–H groups in total. The fourth-order valence-corrected chi connectivity index (χ4v) is 2.78. The number of hydrogen-bond acceptors (Lipinski definition) is 4. The molecule has 0 aliphatic rings. The summed E-state index contributed by atoms with van der Waals surface area (Å²) in [5.41, 5.74) is 3.49. The van der Waals surface area contributed by atoms with E-state index in [1.807, 2.05) is 18.2 Å². The van der Waals surface area contributed by atoms with Crippen LogP contribution >= 0.6 is 11.3 Å². The molecule has 0 bridgehead atoms. The highest BCUT2D eigenvalue weighted by Crippen LogP contribution is 2.27. The van der Waals surface area contributed by atoms with Crippen LogP contribution in [0.25, 0.3) is 11.3 Å². The lowest BCUT2D eigenvalue weighted by molar-refractivity contribution is 0.867. The van der Waals surface area contributed by atoms with Gasteiger partial charge in [-0.05, 0) is 23.6 Å². The Morgan fingerprint density at radius 1 is 1.05 bits per heavy atom. The van der Waals surface area contributed by atoms with Crippen molar-refractivity contribution in [3.63, 3.8) is 0 Å². The van der Waals surface area contributed by atoms with Crippen LogP contribution in [-0.2, 0) is 0 Å². The minimum atomic E-state index is 0.552. The SMILES string of the molecule is CC(C)c1ccc(-c2csc(Nc3ccccn3)n2)cc1. The predicted octanol–water partition coefficient (Wildman–Crippen LogP) is 5.07. The van der Waals surface area contributed by atoms with E-state index in [1.165, 1.54) is 5.56 Å². The average molecular weight is 295 g/mol. The van der Waals surface area contributed by atoms with Crippen molar-refractivity contribution in [2.75, 3.05) is 5.32 Å². The van der Waals surface area contributed by atoms with Crippen molar-refractivity contribution >= 4 is 22.3 Å². The zero-order valence-electron chi connectivity index (χ0n) is 12.1. The molecule has 1 aromatic carbocycles. The first-order valence-corrected chi connectivity index (χ1v) is 7.84. The van der Waals surface area contributed by atoms with E-state index in [-0.39, 0.29) is 0 Å². The molecule has 0 unspecified atom stereocenters. The Labute approximate surface area is 128 Å². The number of anilines is 2. The lowest BCUT2D eigenvalue weighted by Gasteiger charge is -2.05. The first kappa shape index (κ1) is 13.8. The van der Waals surface area contributed by atoms with Crippen LogP contribution in [0.1, 0.15) is 25.3 Å². The Morgan fingerprint density at radius 2 is 1.86 bits per heavy atom. The second-order valence-electron chi connectivity index (χ2n) is 5.15. The lowest BCUT2D eigenvalue weighted by Crippen LogP contribution is -1.91. The van der Waals surface area contributed by atoms with Crippen LogP contribution in [0.5, 0.6) is 0 Å². The number of hydrogen-bond donors (Lipinski definition) is 1. The van der Waals surface area contributed by atoms with Gasteiger partial charge < -0.3 is 5.32 Å². The van der Waals surface area contributed by atoms with Gasteiger partial charge in [0, 0.05) is 17.1 Å². The predicted molar refractivity (Wildman–Crippen MR) is 89.2 cm³/mol. The number of thiazole rings is 1. The van der Waals surface area contributed by atoms with Gasteiger partial charge in [-0.15, -0.1) is 11.3 Å². The van der Waals surface area contributed by atoms with Gasteiger partial charge >= 0.3 is 0 Å². The van der Waals surface area contributed by atoms with Crippen molar-refractivity contribution in [2.24, 2.45) is 0 Å². The van der Waals surface area contributed by atoms with Gasteiger partial charge in [0.05, 0.1) is 5.69 Å². The second-order valence-corrected chi connectivity index (χ2v) is 6.01. The molecule has 0 radical (unpaired) electrons. The first-order valence-electron chi connectivity index (χ1n) is 6.96. The maximum atomic E-state index is 4.62. The van der Waals surface area contributed by atoms with Gasteiger partial charge in [-0.25, -0.2) is 9.97 Å². The standard InChI is InChI=1S/C17H17N3S/c1-12(2)13-6-8-14(9-7-13)15-11-21-17(19-15)20-16-5-3-4-10-18-16/h3-12H,1-2H3,(H,18,19,20). The molecule has 2 heterocycles. The fourth-order valence-electron chi connectivity index (χ4n) is 2.05. The fraction of sp³-hybridized carbons (Fsp3) is 0.176. The van der Waals surface area contributed by atoms with E-state index in [1.54, 1.807) is 17.5 Å². The normalized spacial score (nSPS) is 10.8. The van der Waals surface area contributed by atoms with E-state index in [0.29, 0.717) is 5.92 Å². The van der Waals surface area contributed by atoms with Crippen molar-refractivity contribution in [2.45, 2.75) is 19.8 Å². The van der Waals surface area contributed by atoms with Crippen LogP contribution in [0, 0.1) is 0 Å². The molecule has 0 aliphatic heterocycles. The van der Waals surface area contributed by atoms with Crippen molar-refractivity contribution in [3.8, 4) is 11.3 Å². The number of aromatic nitrogens is 2.